The van der Waals surface area contributed by atoms with Crippen LogP contribution in [0, 0.1) is 18.3 Å². The zero-order chi connectivity index (χ0) is 13.4. The monoisotopic (exact) mass is 267 g/mol. The first-order valence-corrected chi connectivity index (χ1v) is 6.21. The van der Waals surface area contributed by atoms with Gasteiger partial charge in [-0.05, 0) is 19.1 Å². The number of halogens is 1. The van der Waals surface area contributed by atoms with Crippen molar-refractivity contribution < 1.29 is 0 Å². The van der Waals surface area contributed by atoms with E-state index in [0.29, 0.717) is 16.4 Å². The Morgan fingerprint density at radius 2 is 1.89 bits per heavy atom. The second kappa shape index (κ2) is 4.42. The number of fused-ring (bicyclic) bond motifs is 1. The molecule has 0 aliphatic carbocycles. The van der Waals surface area contributed by atoms with Crippen LogP contribution in [-0.2, 0) is 0 Å². The van der Waals surface area contributed by atoms with Crippen LogP contribution >= 0.6 is 11.6 Å². The lowest BCUT2D eigenvalue weighted by molar-refractivity contribution is 1.15. The molecule has 0 aliphatic rings. The van der Waals surface area contributed by atoms with Gasteiger partial charge in [-0.3, -0.25) is 4.40 Å². The third-order valence-corrected chi connectivity index (χ3v) is 3.24. The van der Waals surface area contributed by atoms with E-state index in [1.54, 1.807) is 22.7 Å². The van der Waals surface area contributed by atoms with Crippen molar-refractivity contribution in [3.05, 3.63) is 58.9 Å². The van der Waals surface area contributed by atoms with Crippen LogP contribution < -0.4 is 0 Å². The number of aryl methyl sites for hydroxylation is 1. The second-order valence-corrected chi connectivity index (χ2v) is 4.80. The summed E-state index contributed by atoms with van der Waals surface area (Å²) in [5, 5.41) is 9.94. The summed E-state index contributed by atoms with van der Waals surface area (Å²) in [4.78, 5) is 4.51. The van der Waals surface area contributed by atoms with Crippen molar-refractivity contribution in [1.29, 1.82) is 5.26 Å². The Morgan fingerprint density at radius 1 is 1.16 bits per heavy atom. The highest BCUT2D eigenvalue weighted by Gasteiger charge is 2.13. The van der Waals surface area contributed by atoms with E-state index >= 15 is 0 Å². The lowest BCUT2D eigenvalue weighted by atomic mass is 10.1. The van der Waals surface area contributed by atoms with Gasteiger partial charge in [0.1, 0.15) is 17.4 Å². The van der Waals surface area contributed by atoms with Crippen LogP contribution in [0.25, 0.3) is 16.9 Å². The zero-order valence-electron chi connectivity index (χ0n) is 10.3. The molecule has 0 N–H and O–H groups in total. The third-order valence-electron chi connectivity index (χ3n) is 3.01. The molecule has 4 heteroatoms. The molecule has 2 aromatic heterocycles. The van der Waals surface area contributed by atoms with Crippen LogP contribution in [0.1, 0.15) is 11.3 Å². The molecule has 0 amide bonds. The van der Waals surface area contributed by atoms with E-state index < -0.39 is 0 Å². The highest BCUT2D eigenvalue weighted by Crippen LogP contribution is 2.25. The predicted molar refractivity (Wildman–Crippen MR) is 75.1 cm³/mol. The maximum Gasteiger partial charge on any atom is 0.152 e. The topological polar surface area (TPSA) is 41.1 Å². The van der Waals surface area contributed by atoms with E-state index in [1.165, 1.54) is 5.56 Å². The standard InChI is InChI=1S/C15H10ClN3/c1-10-2-4-11(5-3-10)15-13(8-17)19-9-12(16)6-7-14(19)18-15/h2-7,9H,1H3. The van der Waals surface area contributed by atoms with Crippen LogP contribution in [0.15, 0.2) is 42.6 Å². The van der Waals surface area contributed by atoms with Crippen molar-refractivity contribution in [2.75, 3.05) is 0 Å². The van der Waals surface area contributed by atoms with Gasteiger partial charge < -0.3 is 0 Å². The van der Waals surface area contributed by atoms with Gasteiger partial charge in [0.25, 0.3) is 0 Å². The highest BCUT2D eigenvalue weighted by molar-refractivity contribution is 6.30. The van der Waals surface area contributed by atoms with Gasteiger partial charge in [-0.2, -0.15) is 5.26 Å². The molecular weight excluding hydrogens is 258 g/mol. The number of nitrogens with zero attached hydrogens (tertiary/aromatic N) is 3. The smallest absolute Gasteiger partial charge is 0.152 e. The Kier molecular flexibility index (Phi) is 2.73. The molecule has 0 spiro atoms. The maximum absolute atomic E-state index is 9.36. The van der Waals surface area contributed by atoms with E-state index in [-0.39, 0.29) is 0 Å². The average molecular weight is 268 g/mol. The first-order chi connectivity index (χ1) is 9.19. The van der Waals surface area contributed by atoms with Gasteiger partial charge in [-0.1, -0.05) is 41.4 Å². The molecule has 3 rings (SSSR count). The Hall–Kier alpha value is -2.31. The van der Waals surface area contributed by atoms with Gasteiger partial charge in [-0.25, -0.2) is 4.98 Å². The van der Waals surface area contributed by atoms with Crippen molar-refractivity contribution >= 4 is 17.2 Å². The fraction of sp³-hybridized carbons (Fsp3) is 0.0667. The van der Waals surface area contributed by atoms with Gasteiger partial charge in [-0.15, -0.1) is 0 Å². The number of pyridine rings is 1. The fourth-order valence-corrected chi connectivity index (χ4v) is 2.20. The predicted octanol–water partition coefficient (Wildman–Crippen LogP) is 3.83. The Bertz CT molecular complexity index is 795. The summed E-state index contributed by atoms with van der Waals surface area (Å²) in [5.41, 5.74) is 4.01. The molecule has 0 unspecified atom stereocenters. The molecule has 0 bridgehead atoms. The number of hydrogen-bond donors (Lipinski definition) is 0. The van der Waals surface area contributed by atoms with E-state index in [9.17, 15) is 5.26 Å². The molecule has 19 heavy (non-hydrogen) atoms. The van der Waals surface area contributed by atoms with E-state index in [0.717, 1.165) is 11.2 Å². The molecule has 0 saturated carbocycles. The van der Waals surface area contributed by atoms with E-state index in [2.05, 4.69) is 11.1 Å². The fourth-order valence-electron chi connectivity index (χ4n) is 2.04. The third kappa shape index (κ3) is 1.96. The molecular formula is C15H10ClN3. The van der Waals surface area contributed by atoms with Crippen LogP contribution in [0.2, 0.25) is 5.02 Å². The average Bonchev–Trinajstić information content (AvgIpc) is 2.77. The summed E-state index contributed by atoms with van der Waals surface area (Å²) >= 11 is 5.97. The molecule has 3 aromatic rings. The number of imidazole rings is 1. The minimum atomic E-state index is 0.501. The molecule has 3 nitrogen and oxygen atoms in total. The summed E-state index contributed by atoms with van der Waals surface area (Å²) in [6.07, 6.45) is 1.71. The number of benzene rings is 1. The Balaban J connectivity index is 2.29. The van der Waals surface area contributed by atoms with Crippen molar-refractivity contribution in [2.45, 2.75) is 6.92 Å². The van der Waals surface area contributed by atoms with Gasteiger partial charge in [0, 0.05) is 11.8 Å². The van der Waals surface area contributed by atoms with Crippen LogP contribution in [0.5, 0.6) is 0 Å². The number of hydrogen-bond acceptors (Lipinski definition) is 2. The van der Waals surface area contributed by atoms with E-state index in [4.69, 9.17) is 11.6 Å². The molecule has 0 radical (unpaired) electrons. The van der Waals surface area contributed by atoms with Crippen molar-refractivity contribution in [3.8, 4) is 17.3 Å². The van der Waals surface area contributed by atoms with E-state index in [1.807, 2.05) is 31.2 Å². The second-order valence-electron chi connectivity index (χ2n) is 4.36. The first kappa shape index (κ1) is 11.8. The van der Waals surface area contributed by atoms with Crippen LogP contribution in [0.4, 0.5) is 0 Å². The largest absolute Gasteiger partial charge is 0.289 e. The maximum atomic E-state index is 9.36. The lowest BCUT2D eigenvalue weighted by Crippen LogP contribution is -1.88. The minimum Gasteiger partial charge on any atom is -0.289 e. The van der Waals surface area contributed by atoms with Crippen LogP contribution in [-0.4, -0.2) is 9.38 Å². The van der Waals surface area contributed by atoms with Crippen molar-refractivity contribution in [2.24, 2.45) is 0 Å². The highest BCUT2D eigenvalue weighted by atomic mass is 35.5. The zero-order valence-corrected chi connectivity index (χ0v) is 11.0. The van der Waals surface area contributed by atoms with Gasteiger partial charge in [0.15, 0.2) is 5.69 Å². The molecule has 0 aliphatic heterocycles. The van der Waals surface area contributed by atoms with Crippen molar-refractivity contribution in [1.82, 2.24) is 9.38 Å². The van der Waals surface area contributed by atoms with Crippen LogP contribution in [0.3, 0.4) is 0 Å². The number of rotatable bonds is 1. The first-order valence-electron chi connectivity index (χ1n) is 5.84. The normalized spacial score (nSPS) is 10.6. The van der Waals surface area contributed by atoms with Gasteiger partial charge in [0.05, 0.1) is 5.02 Å². The summed E-state index contributed by atoms with van der Waals surface area (Å²) in [5.74, 6) is 0. The van der Waals surface area contributed by atoms with Gasteiger partial charge >= 0.3 is 0 Å². The van der Waals surface area contributed by atoms with Gasteiger partial charge in [0.2, 0.25) is 0 Å². The molecule has 0 saturated heterocycles. The quantitative estimate of drug-likeness (QED) is 0.672. The van der Waals surface area contributed by atoms with Crippen molar-refractivity contribution in [3.63, 3.8) is 0 Å². The molecule has 2 heterocycles. The molecule has 1 aromatic carbocycles. The summed E-state index contributed by atoms with van der Waals surface area (Å²) in [7, 11) is 0. The number of aromatic nitrogens is 2. The Morgan fingerprint density at radius 3 is 2.58 bits per heavy atom. The molecule has 92 valence electrons. The number of nitriles is 1. The molecule has 0 atom stereocenters. The summed E-state index contributed by atoms with van der Waals surface area (Å²) in [6.45, 7) is 2.03. The minimum absolute atomic E-state index is 0.501. The Labute approximate surface area is 115 Å². The molecule has 0 fully saturated rings. The lowest BCUT2D eigenvalue weighted by Gasteiger charge is -1.98. The SMILES string of the molecule is Cc1ccc(-c2nc3ccc(Cl)cn3c2C#N)cc1. The summed E-state index contributed by atoms with van der Waals surface area (Å²) in [6, 6.07) is 13.7. The summed E-state index contributed by atoms with van der Waals surface area (Å²) < 4.78 is 1.72.